The highest BCUT2D eigenvalue weighted by Crippen LogP contribution is 2.31. The fourth-order valence-corrected chi connectivity index (χ4v) is 3.19. The summed E-state index contributed by atoms with van der Waals surface area (Å²) in [4.78, 5) is 24.8. The molecule has 0 aliphatic rings. The van der Waals surface area contributed by atoms with Crippen LogP contribution in [-0.2, 0) is 12.7 Å². The molecule has 0 atom stereocenters. The third-order valence-electron chi connectivity index (χ3n) is 4.78. The Bertz CT molecular complexity index is 1340. The number of benzene rings is 1. The highest BCUT2D eigenvalue weighted by atomic mass is 19.4. The fourth-order valence-electron chi connectivity index (χ4n) is 3.19. The predicted molar refractivity (Wildman–Crippen MR) is 116 cm³/mol. The lowest BCUT2D eigenvalue weighted by Gasteiger charge is -2.15. The molecule has 2 amide bonds. The van der Waals surface area contributed by atoms with Gasteiger partial charge in [0.25, 0.3) is 0 Å². The highest BCUT2D eigenvalue weighted by molar-refractivity contribution is 6.03. The lowest BCUT2D eigenvalue weighted by atomic mass is 10.1. The van der Waals surface area contributed by atoms with Crippen molar-refractivity contribution in [3.05, 3.63) is 77.4 Å². The number of hydrogen-bond donors (Lipinski definition) is 1. The molecule has 4 rings (SSSR count). The van der Waals surface area contributed by atoms with Gasteiger partial charge in [-0.1, -0.05) is 24.3 Å². The van der Waals surface area contributed by atoms with Crippen molar-refractivity contribution in [1.29, 1.82) is 0 Å². The summed E-state index contributed by atoms with van der Waals surface area (Å²) in [6.07, 6.45) is -0.0962. The van der Waals surface area contributed by atoms with Crippen molar-refractivity contribution in [2.75, 3.05) is 12.4 Å². The van der Waals surface area contributed by atoms with E-state index in [0.717, 1.165) is 29.0 Å². The third kappa shape index (κ3) is 5.69. The van der Waals surface area contributed by atoms with Crippen LogP contribution >= 0.6 is 0 Å². The van der Waals surface area contributed by atoms with E-state index in [4.69, 9.17) is 9.26 Å². The zero-order chi connectivity index (χ0) is 25.0. The lowest BCUT2D eigenvalue weighted by molar-refractivity contribution is -0.755. The van der Waals surface area contributed by atoms with Crippen LogP contribution in [0.1, 0.15) is 17.0 Å². The number of pyridine rings is 1. The summed E-state index contributed by atoms with van der Waals surface area (Å²) in [6.45, 7) is 2.06. The molecule has 0 aliphatic carbocycles. The van der Waals surface area contributed by atoms with Crippen molar-refractivity contribution in [3.8, 4) is 17.0 Å². The monoisotopic (exact) mass is 485 g/mol. The van der Waals surface area contributed by atoms with Gasteiger partial charge in [0.2, 0.25) is 24.5 Å². The van der Waals surface area contributed by atoms with E-state index in [1.54, 1.807) is 12.3 Å². The number of rotatable bonds is 6. The molecule has 0 spiro atoms. The standard InChI is InChI=1S/C22H18F3N7O3/c1-13-19(20(34-2)28-12-27-13)14-6-7-17(26-9-14)10-32-11-18(35-31-32)30-21(33)29-16-5-3-4-15(8-16)22(23,24)25/h3-9,11-12H,10H2,1-2H3,(H-,29,30,31,33). The summed E-state index contributed by atoms with van der Waals surface area (Å²) in [5, 5.41) is 9.70. The Labute approximate surface area is 196 Å². The largest absolute Gasteiger partial charge is 0.480 e. The van der Waals surface area contributed by atoms with Crippen molar-refractivity contribution in [2.24, 2.45) is 0 Å². The number of aromatic nitrogens is 5. The summed E-state index contributed by atoms with van der Waals surface area (Å²) >= 11 is 0. The van der Waals surface area contributed by atoms with Crippen LogP contribution in [0, 0.1) is 6.92 Å². The Balaban J connectivity index is 1.39. The van der Waals surface area contributed by atoms with Crippen LogP contribution in [0.2, 0.25) is 0 Å². The number of nitrogens with one attached hydrogen (secondary N) is 1. The summed E-state index contributed by atoms with van der Waals surface area (Å²) < 4.78 is 50.1. The zero-order valence-electron chi connectivity index (χ0n) is 18.4. The van der Waals surface area contributed by atoms with E-state index in [-0.39, 0.29) is 18.1 Å². The molecule has 0 aliphatic heterocycles. The van der Waals surface area contributed by atoms with E-state index in [1.807, 2.05) is 13.0 Å². The van der Waals surface area contributed by atoms with Crippen molar-refractivity contribution >= 4 is 17.6 Å². The fraction of sp³-hybridized carbons (Fsp3) is 0.182. The van der Waals surface area contributed by atoms with E-state index in [9.17, 15) is 18.0 Å². The molecule has 180 valence electrons. The van der Waals surface area contributed by atoms with Gasteiger partial charge in [0.15, 0.2) is 11.3 Å². The molecule has 0 unspecified atom stereocenters. The quantitative estimate of drug-likeness (QED) is 0.401. The van der Waals surface area contributed by atoms with Gasteiger partial charge in [0.1, 0.15) is 12.0 Å². The van der Waals surface area contributed by atoms with Crippen LogP contribution in [0.5, 0.6) is 5.88 Å². The van der Waals surface area contributed by atoms with Gasteiger partial charge >= 0.3 is 6.18 Å². The van der Waals surface area contributed by atoms with E-state index >= 15 is 0 Å². The van der Waals surface area contributed by atoms with Crippen molar-refractivity contribution < 1.29 is 31.9 Å². The Kier molecular flexibility index (Phi) is 6.57. The van der Waals surface area contributed by atoms with Gasteiger partial charge in [0.05, 0.1) is 23.9 Å². The summed E-state index contributed by atoms with van der Waals surface area (Å²) in [6, 6.07) is 6.91. The van der Waals surface area contributed by atoms with Gasteiger partial charge in [-0.3, -0.25) is 9.78 Å². The van der Waals surface area contributed by atoms with Crippen molar-refractivity contribution in [2.45, 2.75) is 19.6 Å². The number of ether oxygens (including phenoxy) is 1. The number of amides is 2. The molecule has 0 bridgehead atoms. The average molecular weight is 485 g/mol. The summed E-state index contributed by atoms with van der Waals surface area (Å²) in [5.74, 6) is 0.306. The van der Waals surface area contributed by atoms with Gasteiger partial charge in [-0.15, -0.1) is 0 Å². The topological polar surface area (TPSA) is 121 Å². The number of nitrogens with zero attached hydrogens (tertiary/aromatic N) is 6. The van der Waals surface area contributed by atoms with Crippen LogP contribution in [0.15, 0.2) is 59.6 Å². The van der Waals surface area contributed by atoms with E-state index in [1.165, 1.54) is 36.4 Å². The number of urea groups is 1. The summed E-state index contributed by atoms with van der Waals surface area (Å²) in [5.41, 5.74) is 1.94. The van der Waals surface area contributed by atoms with Gasteiger partial charge < -0.3 is 19.9 Å². The minimum Gasteiger partial charge on any atom is -0.480 e. The van der Waals surface area contributed by atoms with Gasteiger partial charge in [-0.2, -0.15) is 13.2 Å². The maximum Gasteiger partial charge on any atom is 0.416 e. The smallest absolute Gasteiger partial charge is 0.416 e. The van der Waals surface area contributed by atoms with E-state index in [2.05, 4.69) is 30.9 Å². The molecule has 35 heavy (non-hydrogen) atoms. The first kappa shape index (κ1) is 23.6. The summed E-state index contributed by atoms with van der Waals surface area (Å²) in [7, 11) is 1.52. The molecule has 13 heteroatoms. The number of aryl methyl sites for hydroxylation is 1. The molecule has 4 aromatic rings. The average Bonchev–Trinajstić information content (AvgIpc) is 3.25. The van der Waals surface area contributed by atoms with Gasteiger partial charge in [-0.05, 0) is 29.4 Å². The number of hydrogen-bond acceptors (Lipinski definition) is 7. The minimum absolute atomic E-state index is 0.0547. The van der Waals surface area contributed by atoms with Crippen molar-refractivity contribution in [3.63, 3.8) is 0 Å². The van der Waals surface area contributed by atoms with E-state index < -0.39 is 17.8 Å². The molecule has 3 heterocycles. The second kappa shape index (κ2) is 9.75. The molecule has 1 aromatic carbocycles. The first-order valence-corrected chi connectivity index (χ1v) is 10.1. The molecular formula is C22H18F3N7O3. The first-order valence-electron chi connectivity index (χ1n) is 10.1. The Morgan fingerprint density at radius 1 is 1.20 bits per heavy atom. The van der Waals surface area contributed by atoms with E-state index in [0.29, 0.717) is 11.6 Å². The second-order valence-corrected chi connectivity index (χ2v) is 7.24. The number of methoxy groups -OCH3 is 1. The van der Waals surface area contributed by atoms with Crippen molar-refractivity contribution in [1.82, 2.24) is 20.2 Å². The Morgan fingerprint density at radius 2 is 2.03 bits per heavy atom. The number of halogens is 3. The molecular weight excluding hydrogens is 467 g/mol. The van der Waals surface area contributed by atoms with Crippen LogP contribution in [0.25, 0.3) is 16.4 Å². The number of carbonyl (C=O) groups excluding carboxylic acids is 1. The van der Waals surface area contributed by atoms with Gasteiger partial charge in [0, 0.05) is 11.8 Å². The second-order valence-electron chi connectivity index (χ2n) is 7.24. The molecule has 0 saturated carbocycles. The molecule has 3 aromatic heterocycles. The van der Waals surface area contributed by atoms with Crippen LogP contribution in [0.4, 0.5) is 29.5 Å². The normalized spacial score (nSPS) is 11.2. The lowest BCUT2D eigenvalue weighted by Crippen LogP contribution is -2.35. The Hall–Kier alpha value is -4.55. The van der Waals surface area contributed by atoms with Crippen LogP contribution in [-0.4, -0.2) is 33.4 Å². The molecule has 10 nitrogen and oxygen atoms in total. The molecule has 0 fully saturated rings. The first-order chi connectivity index (χ1) is 16.7. The SMILES string of the molecule is COc1ncnc(C)c1-c1ccc(C[n+]2cc([N-]C(=O)Nc3cccc(C(F)(F)F)c3)on2)nc1. The molecule has 0 radical (unpaired) electrons. The number of carbonyl (C=O) groups is 1. The molecule has 0 saturated heterocycles. The van der Waals surface area contributed by atoms with Crippen LogP contribution in [0.3, 0.4) is 0 Å². The maximum atomic E-state index is 12.8. The maximum absolute atomic E-state index is 12.8. The number of alkyl halides is 3. The molecule has 1 N–H and O–H groups in total. The van der Waals surface area contributed by atoms with Gasteiger partial charge in [-0.25, -0.2) is 9.97 Å². The highest BCUT2D eigenvalue weighted by Gasteiger charge is 2.30. The minimum atomic E-state index is -4.53. The predicted octanol–water partition coefficient (Wildman–Crippen LogP) is 4.44. The number of anilines is 1. The van der Waals surface area contributed by atoms with Crippen LogP contribution < -0.4 is 14.7 Å². The third-order valence-corrected chi connectivity index (χ3v) is 4.78. The Morgan fingerprint density at radius 3 is 2.74 bits per heavy atom. The zero-order valence-corrected chi connectivity index (χ0v) is 18.4.